The van der Waals surface area contributed by atoms with E-state index in [9.17, 15) is 14.7 Å². The monoisotopic (exact) mass is 378 g/mol. The highest BCUT2D eigenvalue weighted by Gasteiger charge is 2.63. The van der Waals surface area contributed by atoms with E-state index in [4.69, 9.17) is 19.3 Å². The summed E-state index contributed by atoms with van der Waals surface area (Å²) in [5.41, 5.74) is 0.888. The van der Waals surface area contributed by atoms with Crippen LogP contribution >= 0.6 is 0 Å². The summed E-state index contributed by atoms with van der Waals surface area (Å²) < 4.78 is 17.1. The topological polar surface area (TPSA) is 106 Å². The van der Waals surface area contributed by atoms with E-state index < -0.39 is 36.7 Å². The molecule has 0 spiro atoms. The standard InChI is InChI=1S/C20H26O7/c1-11-5-4-7-20(3)17(27-20)16-15(12(2)18(23)26-16)14(9-11)25-19(24)13(10-22)6-8-21/h5-6,14-17,21-22H,2,4,7-10H2,1,3H3/b11-5-,13-6+. The maximum atomic E-state index is 12.5. The van der Waals surface area contributed by atoms with Gasteiger partial charge in [-0.15, -0.1) is 0 Å². The zero-order chi connectivity index (χ0) is 19.8. The molecule has 0 aromatic rings. The molecular weight excluding hydrogens is 352 g/mol. The van der Waals surface area contributed by atoms with Crippen molar-refractivity contribution >= 4 is 11.9 Å². The quantitative estimate of drug-likeness (QED) is 0.328. The predicted molar refractivity (Wildman–Crippen MR) is 95.5 cm³/mol. The molecule has 0 aromatic carbocycles. The number of rotatable bonds is 4. The van der Waals surface area contributed by atoms with Crippen molar-refractivity contribution in [1.29, 1.82) is 0 Å². The van der Waals surface area contributed by atoms with Gasteiger partial charge in [0, 0.05) is 12.0 Å². The molecule has 2 aliphatic heterocycles. The second kappa shape index (κ2) is 7.58. The Hall–Kier alpha value is -1.96. The molecule has 0 bridgehead atoms. The van der Waals surface area contributed by atoms with Crippen molar-refractivity contribution in [2.75, 3.05) is 13.2 Å². The molecule has 0 radical (unpaired) electrons. The number of hydrogen-bond donors (Lipinski definition) is 2. The van der Waals surface area contributed by atoms with Gasteiger partial charge in [0.15, 0.2) is 0 Å². The zero-order valence-electron chi connectivity index (χ0n) is 15.6. The first kappa shape index (κ1) is 19.8. The minimum atomic E-state index is -0.730. The SMILES string of the molecule is C=C1C(=O)OC2C1C(OC(=O)/C(=C/CO)CO)C/C(C)=C\CCC1(C)OC21. The Bertz CT molecular complexity index is 707. The van der Waals surface area contributed by atoms with Crippen molar-refractivity contribution in [3.05, 3.63) is 35.5 Å². The van der Waals surface area contributed by atoms with E-state index in [0.717, 1.165) is 18.4 Å². The molecule has 2 heterocycles. The van der Waals surface area contributed by atoms with Crippen LogP contribution in [0.25, 0.3) is 0 Å². The number of esters is 2. The van der Waals surface area contributed by atoms with Crippen LogP contribution in [-0.4, -0.2) is 59.3 Å². The summed E-state index contributed by atoms with van der Waals surface area (Å²) >= 11 is 0. The lowest BCUT2D eigenvalue weighted by molar-refractivity contribution is -0.149. The fourth-order valence-electron chi connectivity index (χ4n) is 3.95. The molecule has 0 amide bonds. The van der Waals surface area contributed by atoms with E-state index in [1.54, 1.807) is 0 Å². The number of carbonyl (C=O) groups excluding carboxylic acids is 2. The van der Waals surface area contributed by atoms with Crippen LogP contribution in [0.3, 0.4) is 0 Å². The predicted octanol–water partition coefficient (Wildman–Crippen LogP) is 1.19. The van der Waals surface area contributed by atoms with Crippen molar-refractivity contribution < 1.29 is 34.0 Å². The first-order valence-electron chi connectivity index (χ1n) is 9.15. The summed E-state index contributed by atoms with van der Waals surface area (Å²) in [6.45, 7) is 6.86. The minimum Gasteiger partial charge on any atom is -0.458 e. The summed E-state index contributed by atoms with van der Waals surface area (Å²) in [5, 5.41) is 18.4. The van der Waals surface area contributed by atoms with Crippen LogP contribution in [0.5, 0.6) is 0 Å². The van der Waals surface area contributed by atoms with Crippen molar-refractivity contribution in [3.8, 4) is 0 Å². The third kappa shape index (κ3) is 3.85. The number of aliphatic hydroxyl groups excluding tert-OH is 2. The van der Waals surface area contributed by atoms with Crippen LogP contribution in [0.1, 0.15) is 33.1 Å². The van der Waals surface area contributed by atoms with Crippen molar-refractivity contribution in [1.82, 2.24) is 0 Å². The van der Waals surface area contributed by atoms with Gasteiger partial charge in [0.1, 0.15) is 18.3 Å². The van der Waals surface area contributed by atoms with E-state index >= 15 is 0 Å². The van der Waals surface area contributed by atoms with E-state index in [-0.39, 0.29) is 29.5 Å². The molecule has 5 atom stereocenters. The summed E-state index contributed by atoms with van der Waals surface area (Å²) in [6, 6.07) is 0. The van der Waals surface area contributed by atoms with Crippen molar-refractivity contribution in [2.45, 2.75) is 57.0 Å². The molecule has 27 heavy (non-hydrogen) atoms. The highest BCUT2D eigenvalue weighted by Crippen LogP contribution is 2.50. The molecule has 2 fully saturated rings. The summed E-state index contributed by atoms with van der Waals surface area (Å²) in [6.07, 6.45) is 3.85. The molecule has 1 aliphatic carbocycles. The fraction of sp³-hybridized carbons (Fsp3) is 0.600. The Labute approximate surface area is 158 Å². The minimum absolute atomic E-state index is 0.0314. The van der Waals surface area contributed by atoms with Gasteiger partial charge in [-0.1, -0.05) is 18.2 Å². The molecule has 2 N–H and O–H groups in total. The lowest BCUT2D eigenvalue weighted by Gasteiger charge is -2.28. The molecule has 3 aliphatic rings. The van der Waals surface area contributed by atoms with Crippen LogP contribution in [-0.2, 0) is 23.8 Å². The molecule has 3 rings (SSSR count). The largest absolute Gasteiger partial charge is 0.458 e. The van der Waals surface area contributed by atoms with Crippen LogP contribution < -0.4 is 0 Å². The lowest BCUT2D eigenvalue weighted by atomic mass is 9.82. The summed E-state index contributed by atoms with van der Waals surface area (Å²) in [4.78, 5) is 24.6. The van der Waals surface area contributed by atoms with Gasteiger partial charge >= 0.3 is 11.9 Å². The third-order valence-corrected chi connectivity index (χ3v) is 5.59. The van der Waals surface area contributed by atoms with Crippen LogP contribution in [0, 0.1) is 5.92 Å². The molecule has 7 heteroatoms. The maximum Gasteiger partial charge on any atom is 0.336 e. The van der Waals surface area contributed by atoms with Gasteiger partial charge in [-0.3, -0.25) is 0 Å². The normalized spacial score (nSPS) is 38.2. The molecule has 7 nitrogen and oxygen atoms in total. The van der Waals surface area contributed by atoms with Gasteiger partial charge in [-0.05, 0) is 32.8 Å². The third-order valence-electron chi connectivity index (χ3n) is 5.59. The van der Waals surface area contributed by atoms with Crippen LogP contribution in [0.2, 0.25) is 0 Å². The number of ether oxygens (including phenoxy) is 3. The fourth-order valence-corrected chi connectivity index (χ4v) is 3.95. The van der Waals surface area contributed by atoms with Crippen molar-refractivity contribution in [2.24, 2.45) is 5.92 Å². The van der Waals surface area contributed by atoms with Crippen LogP contribution in [0.15, 0.2) is 35.5 Å². The average molecular weight is 378 g/mol. The Morgan fingerprint density at radius 2 is 2.22 bits per heavy atom. The molecule has 148 valence electrons. The second-order valence-corrected chi connectivity index (χ2v) is 7.58. The van der Waals surface area contributed by atoms with Gasteiger partial charge < -0.3 is 24.4 Å². The van der Waals surface area contributed by atoms with E-state index in [2.05, 4.69) is 12.7 Å². The Kier molecular flexibility index (Phi) is 5.55. The second-order valence-electron chi connectivity index (χ2n) is 7.58. The Balaban J connectivity index is 1.92. The number of fused-ring (bicyclic) bond motifs is 3. The van der Waals surface area contributed by atoms with Gasteiger partial charge in [0.25, 0.3) is 0 Å². The number of carbonyl (C=O) groups is 2. The Morgan fingerprint density at radius 3 is 2.89 bits per heavy atom. The number of hydrogen-bond acceptors (Lipinski definition) is 7. The first-order valence-corrected chi connectivity index (χ1v) is 9.15. The molecule has 0 aromatic heterocycles. The molecule has 5 unspecified atom stereocenters. The zero-order valence-corrected chi connectivity index (χ0v) is 15.6. The van der Waals surface area contributed by atoms with Gasteiger partial charge in [0.2, 0.25) is 0 Å². The average Bonchev–Trinajstić information content (AvgIpc) is 3.19. The van der Waals surface area contributed by atoms with Gasteiger partial charge in [-0.2, -0.15) is 0 Å². The summed E-state index contributed by atoms with van der Waals surface area (Å²) in [5.74, 6) is -1.76. The lowest BCUT2D eigenvalue weighted by Crippen LogP contribution is -2.38. The maximum absolute atomic E-state index is 12.5. The highest BCUT2D eigenvalue weighted by molar-refractivity contribution is 5.92. The smallest absolute Gasteiger partial charge is 0.336 e. The first-order chi connectivity index (χ1) is 12.8. The van der Waals surface area contributed by atoms with E-state index in [1.807, 2.05) is 13.8 Å². The van der Waals surface area contributed by atoms with Crippen molar-refractivity contribution in [3.63, 3.8) is 0 Å². The Morgan fingerprint density at radius 1 is 1.48 bits per heavy atom. The molecular formula is C20H26O7. The number of aliphatic hydroxyl groups is 2. The van der Waals surface area contributed by atoms with E-state index in [0.29, 0.717) is 6.42 Å². The van der Waals surface area contributed by atoms with Gasteiger partial charge in [-0.25, -0.2) is 9.59 Å². The molecule has 0 saturated carbocycles. The summed E-state index contributed by atoms with van der Waals surface area (Å²) in [7, 11) is 0. The number of epoxide rings is 1. The van der Waals surface area contributed by atoms with Crippen LogP contribution in [0.4, 0.5) is 0 Å². The highest BCUT2D eigenvalue weighted by atomic mass is 16.6. The molecule has 2 saturated heterocycles. The van der Waals surface area contributed by atoms with Gasteiger partial charge in [0.05, 0.1) is 30.3 Å². The number of allylic oxidation sites excluding steroid dienone is 1. The van der Waals surface area contributed by atoms with E-state index in [1.165, 1.54) is 6.08 Å².